The van der Waals surface area contributed by atoms with Gasteiger partial charge < -0.3 is 4.43 Å². The summed E-state index contributed by atoms with van der Waals surface area (Å²) < 4.78 is 71.4. The molecule has 1 aliphatic carbocycles. The van der Waals surface area contributed by atoms with Crippen LogP contribution >= 0.6 is 0 Å². The van der Waals surface area contributed by atoms with Gasteiger partial charge in [-0.1, -0.05) is 33.8 Å². The molecule has 0 aliphatic heterocycles. The molecule has 1 aliphatic rings. The van der Waals surface area contributed by atoms with Gasteiger partial charge in [0.15, 0.2) is 8.32 Å². The van der Waals surface area contributed by atoms with Crippen LogP contribution in [0.3, 0.4) is 0 Å². The van der Waals surface area contributed by atoms with E-state index in [9.17, 15) is 21.6 Å². The Morgan fingerprint density at radius 3 is 2.27 bits per heavy atom. The fourth-order valence-corrected chi connectivity index (χ4v) is 4.44. The summed E-state index contributed by atoms with van der Waals surface area (Å²) in [6, 6.07) is 0. The van der Waals surface area contributed by atoms with E-state index in [1.807, 2.05) is 6.92 Å². The normalized spacial score (nSPS) is 23.8. The highest BCUT2D eigenvalue weighted by molar-refractivity contribution is 7.87. The van der Waals surface area contributed by atoms with Crippen LogP contribution in [0, 0.1) is 11.8 Å². The number of hydrogen-bond donors (Lipinski definition) is 0. The van der Waals surface area contributed by atoms with Crippen LogP contribution < -0.4 is 0 Å². The van der Waals surface area contributed by atoms with E-state index in [0.29, 0.717) is 25.0 Å². The van der Waals surface area contributed by atoms with Crippen molar-refractivity contribution in [2.75, 3.05) is 6.61 Å². The Kier molecular flexibility index (Phi) is 7.21. The molecule has 0 spiro atoms. The van der Waals surface area contributed by atoms with E-state index in [-0.39, 0.29) is 16.9 Å². The number of alkyl halides is 3. The first kappa shape index (κ1) is 23.7. The smallest absolute Gasteiger partial charge is 0.417 e. The Morgan fingerprint density at radius 1 is 1.27 bits per heavy atom. The lowest BCUT2D eigenvalue weighted by Gasteiger charge is -2.37. The average Bonchev–Trinajstić information content (AvgIpc) is 2.77. The van der Waals surface area contributed by atoms with E-state index in [2.05, 4.69) is 38.0 Å². The molecule has 0 saturated heterocycles. The van der Waals surface area contributed by atoms with Crippen LogP contribution in [0.2, 0.25) is 18.1 Å². The maximum Gasteiger partial charge on any atom is 0.523 e. The third-order valence-corrected chi connectivity index (χ3v) is 11.2. The van der Waals surface area contributed by atoms with Crippen LogP contribution in [-0.2, 0) is 18.7 Å². The van der Waals surface area contributed by atoms with Gasteiger partial charge in [-0.15, -0.1) is 0 Å². The Hall–Kier alpha value is -0.383. The highest BCUT2D eigenvalue weighted by Crippen LogP contribution is 2.40. The van der Waals surface area contributed by atoms with E-state index < -0.39 is 30.0 Å². The molecule has 0 amide bonds. The Labute approximate surface area is 156 Å². The van der Waals surface area contributed by atoms with E-state index in [1.54, 1.807) is 13.0 Å². The molecule has 9 heteroatoms. The zero-order valence-corrected chi connectivity index (χ0v) is 18.4. The van der Waals surface area contributed by atoms with Gasteiger partial charge in [0.2, 0.25) is 0 Å². The molecule has 26 heavy (non-hydrogen) atoms. The van der Waals surface area contributed by atoms with Crippen LogP contribution in [0.5, 0.6) is 0 Å². The van der Waals surface area contributed by atoms with Crippen molar-refractivity contribution < 1.29 is 30.2 Å². The van der Waals surface area contributed by atoms with Crippen LogP contribution in [-0.4, -0.2) is 35.0 Å². The summed E-state index contributed by atoms with van der Waals surface area (Å²) in [5.41, 5.74) is -4.88. The lowest BCUT2D eigenvalue weighted by Crippen LogP contribution is -2.41. The zero-order valence-electron chi connectivity index (χ0n) is 16.6. The van der Waals surface area contributed by atoms with Crippen molar-refractivity contribution in [1.82, 2.24) is 0 Å². The van der Waals surface area contributed by atoms with Gasteiger partial charge in [0.1, 0.15) is 6.10 Å². The van der Waals surface area contributed by atoms with Gasteiger partial charge in [-0.25, -0.2) is 0 Å². The van der Waals surface area contributed by atoms with E-state index >= 15 is 0 Å². The highest BCUT2D eigenvalue weighted by Gasteiger charge is 2.50. The Morgan fingerprint density at radius 2 is 1.81 bits per heavy atom. The topological polar surface area (TPSA) is 52.6 Å². The SMILES string of the molecule is CC1=CC[C@H]([C@@H](C)CCO[Si](C)(C)C(C)(C)C)[C@@H]1OS(=O)(=O)C(F)(F)F. The third kappa shape index (κ3) is 5.56. The number of halogens is 3. The number of hydrogen-bond acceptors (Lipinski definition) is 4. The Balaban J connectivity index is 2.73. The molecule has 0 fully saturated rings. The third-order valence-electron chi connectivity index (χ3n) is 5.64. The summed E-state index contributed by atoms with van der Waals surface area (Å²) in [5.74, 6) is -0.336. The number of allylic oxidation sites excluding steroid dienone is 1. The van der Waals surface area contributed by atoms with Crippen LogP contribution in [0.25, 0.3) is 0 Å². The van der Waals surface area contributed by atoms with Crippen molar-refractivity contribution in [2.45, 2.75) is 77.2 Å². The van der Waals surface area contributed by atoms with Crippen LogP contribution in [0.1, 0.15) is 47.5 Å². The van der Waals surface area contributed by atoms with Gasteiger partial charge in [-0.05, 0) is 55.3 Å². The highest BCUT2D eigenvalue weighted by atomic mass is 32.2. The van der Waals surface area contributed by atoms with Gasteiger partial charge in [-0.3, -0.25) is 4.18 Å². The molecule has 0 bridgehead atoms. The van der Waals surface area contributed by atoms with Gasteiger partial charge in [0.05, 0.1) is 0 Å². The minimum atomic E-state index is -5.61. The summed E-state index contributed by atoms with van der Waals surface area (Å²) in [4.78, 5) is 0. The molecule has 3 atom stereocenters. The van der Waals surface area contributed by atoms with Gasteiger partial charge in [0, 0.05) is 6.61 Å². The zero-order chi connectivity index (χ0) is 20.6. The van der Waals surface area contributed by atoms with Crippen molar-refractivity contribution >= 4 is 18.4 Å². The average molecular weight is 417 g/mol. The fraction of sp³-hybridized carbons (Fsp3) is 0.882. The lowest BCUT2D eigenvalue weighted by atomic mass is 9.87. The van der Waals surface area contributed by atoms with Crippen molar-refractivity contribution in [1.29, 1.82) is 0 Å². The van der Waals surface area contributed by atoms with Crippen molar-refractivity contribution in [2.24, 2.45) is 11.8 Å². The molecule has 0 aromatic heterocycles. The molecule has 0 heterocycles. The van der Waals surface area contributed by atoms with Gasteiger partial charge >= 0.3 is 15.6 Å². The van der Waals surface area contributed by atoms with Crippen LogP contribution in [0.4, 0.5) is 13.2 Å². The molecule has 0 N–H and O–H groups in total. The second-order valence-electron chi connectivity index (χ2n) is 8.64. The minimum absolute atomic E-state index is 0.0260. The standard InChI is InChI=1S/C17H31F3O4SSi/c1-12(10-11-23-26(6,7)16(3,4)5)14-9-8-13(2)15(14)24-25(21,22)17(18,19)20/h8,12,14-15H,9-11H2,1-7H3/t12-,14+,15+/m0/s1. The molecule has 0 saturated carbocycles. The predicted octanol–water partition coefficient (Wildman–Crippen LogP) is 5.24. The predicted molar refractivity (Wildman–Crippen MR) is 98.6 cm³/mol. The minimum Gasteiger partial charge on any atom is -0.417 e. The first-order chi connectivity index (χ1) is 11.5. The van der Waals surface area contributed by atoms with Crippen molar-refractivity contribution in [3.63, 3.8) is 0 Å². The first-order valence-electron chi connectivity index (χ1n) is 8.80. The monoisotopic (exact) mass is 416 g/mol. The number of rotatable bonds is 7. The molecule has 154 valence electrons. The van der Waals surface area contributed by atoms with Gasteiger partial charge in [-0.2, -0.15) is 21.6 Å². The van der Waals surface area contributed by atoms with E-state index in [4.69, 9.17) is 4.43 Å². The molecule has 1 rings (SSSR count). The largest absolute Gasteiger partial charge is 0.523 e. The summed E-state index contributed by atoms with van der Waals surface area (Å²) in [6.45, 7) is 14.7. The van der Waals surface area contributed by atoms with Crippen molar-refractivity contribution in [3.8, 4) is 0 Å². The molecule has 0 radical (unpaired) electrons. The van der Waals surface area contributed by atoms with Crippen LogP contribution in [0.15, 0.2) is 11.6 Å². The maximum atomic E-state index is 12.6. The maximum absolute atomic E-state index is 12.6. The molecular weight excluding hydrogens is 385 g/mol. The van der Waals surface area contributed by atoms with Crippen molar-refractivity contribution in [3.05, 3.63) is 11.6 Å². The fourth-order valence-electron chi connectivity index (χ4n) is 2.70. The second-order valence-corrected chi connectivity index (χ2v) is 15.0. The first-order valence-corrected chi connectivity index (χ1v) is 13.1. The van der Waals surface area contributed by atoms with E-state index in [1.165, 1.54) is 0 Å². The summed E-state index contributed by atoms with van der Waals surface area (Å²) in [6.07, 6.45) is 1.84. The summed E-state index contributed by atoms with van der Waals surface area (Å²) in [7, 11) is -7.50. The molecule has 0 aromatic rings. The lowest BCUT2D eigenvalue weighted by molar-refractivity contribution is -0.0583. The summed E-state index contributed by atoms with van der Waals surface area (Å²) >= 11 is 0. The molecule has 4 nitrogen and oxygen atoms in total. The molecule has 0 unspecified atom stereocenters. The van der Waals surface area contributed by atoms with Gasteiger partial charge in [0.25, 0.3) is 0 Å². The molecule has 0 aromatic carbocycles. The quantitative estimate of drug-likeness (QED) is 0.247. The van der Waals surface area contributed by atoms with E-state index in [0.717, 1.165) is 0 Å². The molecular formula is C17H31F3O4SSi. The second kappa shape index (κ2) is 7.93. The Bertz CT molecular complexity index is 621. The summed E-state index contributed by atoms with van der Waals surface area (Å²) in [5, 5.41) is 0.0776.